The zero-order valence-electron chi connectivity index (χ0n) is 36.2. The number of ether oxygens (including phenoxy) is 6. The highest BCUT2D eigenvalue weighted by molar-refractivity contribution is 5.87. The summed E-state index contributed by atoms with van der Waals surface area (Å²) in [6.07, 6.45) is 1.69. The average molecular weight is 825 g/mol. The van der Waals surface area contributed by atoms with Gasteiger partial charge in [0, 0.05) is 56.0 Å². The smallest absolute Gasteiger partial charge is 0.373 e. The molecule has 3 rings (SSSR count). The number of rotatable bonds is 10. The number of aliphatic hydroxyl groups is 7. The van der Waals surface area contributed by atoms with Crippen LogP contribution in [-0.4, -0.2) is 129 Å². The molecule has 0 aromatic heterocycles. The van der Waals surface area contributed by atoms with E-state index in [0.29, 0.717) is 12.0 Å². The number of hydrogen-bond acceptors (Lipinski definition) is 14. The lowest BCUT2D eigenvalue weighted by Gasteiger charge is -2.49. The maximum absolute atomic E-state index is 13.9. The second-order valence-electron chi connectivity index (χ2n) is 16.7. The van der Waals surface area contributed by atoms with Crippen molar-refractivity contribution in [2.75, 3.05) is 14.2 Å². The third-order valence-electron chi connectivity index (χ3n) is 12.3. The van der Waals surface area contributed by atoms with Gasteiger partial charge in [0.1, 0.15) is 18.3 Å². The van der Waals surface area contributed by atoms with Crippen molar-refractivity contribution in [3.8, 4) is 0 Å². The largest absolute Gasteiger partial charge is 0.512 e. The van der Waals surface area contributed by atoms with Crippen LogP contribution in [0.3, 0.4) is 0 Å². The number of cyclic esters (lactones) is 1. The maximum Gasteiger partial charge on any atom is 0.373 e. The first-order valence-corrected chi connectivity index (χ1v) is 20.7. The lowest BCUT2D eigenvalue weighted by molar-refractivity contribution is -0.339. The predicted octanol–water partition coefficient (Wildman–Crippen LogP) is 4.38. The molecule has 332 valence electrons. The van der Waals surface area contributed by atoms with Crippen molar-refractivity contribution < 1.29 is 69.0 Å². The summed E-state index contributed by atoms with van der Waals surface area (Å²) in [5.74, 6) is -6.47. The monoisotopic (exact) mass is 824 g/mol. The van der Waals surface area contributed by atoms with E-state index in [0.717, 1.165) is 0 Å². The summed E-state index contributed by atoms with van der Waals surface area (Å²) in [6, 6.07) is 0. The molecule has 0 radical (unpaired) electrons. The molecule has 3 aliphatic heterocycles. The Morgan fingerprint density at radius 1 is 1.05 bits per heavy atom. The van der Waals surface area contributed by atoms with E-state index >= 15 is 0 Å². The highest BCUT2D eigenvalue weighted by Gasteiger charge is 2.52. The molecule has 14 nitrogen and oxygen atoms in total. The van der Waals surface area contributed by atoms with E-state index in [4.69, 9.17) is 28.4 Å². The molecule has 2 saturated heterocycles. The van der Waals surface area contributed by atoms with Crippen LogP contribution in [0.1, 0.15) is 88.0 Å². The van der Waals surface area contributed by atoms with Crippen molar-refractivity contribution in [2.45, 2.75) is 161 Å². The fourth-order valence-electron chi connectivity index (χ4n) is 8.41. The topological polar surface area (TPSA) is 214 Å². The van der Waals surface area contributed by atoms with E-state index in [9.17, 15) is 40.5 Å². The van der Waals surface area contributed by atoms with Crippen molar-refractivity contribution in [3.05, 3.63) is 59.6 Å². The van der Waals surface area contributed by atoms with Gasteiger partial charge in [0.25, 0.3) is 0 Å². The van der Waals surface area contributed by atoms with E-state index < -0.39 is 109 Å². The summed E-state index contributed by atoms with van der Waals surface area (Å²) in [7, 11) is 2.74. The first-order valence-electron chi connectivity index (χ1n) is 20.7. The molecule has 0 aliphatic carbocycles. The fourth-order valence-corrected chi connectivity index (χ4v) is 8.41. The highest BCUT2D eigenvalue weighted by Crippen LogP contribution is 2.42. The number of methoxy groups -OCH3 is 2. The van der Waals surface area contributed by atoms with Gasteiger partial charge in [-0.25, -0.2) is 4.79 Å². The zero-order valence-corrected chi connectivity index (χ0v) is 36.2. The second-order valence-corrected chi connectivity index (χ2v) is 16.7. The average Bonchev–Trinajstić information content (AvgIpc) is 3.17. The molecule has 0 aromatic carbocycles. The Hall–Kier alpha value is -2.63. The van der Waals surface area contributed by atoms with Crippen LogP contribution in [0.4, 0.5) is 0 Å². The summed E-state index contributed by atoms with van der Waals surface area (Å²) in [5, 5.41) is 78.4. The van der Waals surface area contributed by atoms with Crippen molar-refractivity contribution in [1.29, 1.82) is 0 Å². The van der Waals surface area contributed by atoms with Gasteiger partial charge in [0.2, 0.25) is 5.76 Å². The standard InChI is InChI=1S/C44H72O14/c1-12-15-33-26(6)36(56-37-21-32(46)41(50)29(9)55-37)22-44(52,58-33)28(8)40(49)27(7)42-34(53-10)17-14-16-30(45)20-25(5)39(48)31(13-2)38(47)24(4)18-23(3)19-35(54-11)43(51)57-42/h12,14-19,24-29,31-34,36-42,45-50,52H,13,20-22H2,1-11H3. The minimum absolute atomic E-state index is 0.0242. The van der Waals surface area contributed by atoms with E-state index in [1.807, 2.05) is 34.6 Å². The van der Waals surface area contributed by atoms with Crippen molar-refractivity contribution >= 4 is 5.97 Å². The van der Waals surface area contributed by atoms with E-state index in [2.05, 4.69) is 0 Å². The Balaban J connectivity index is 2.02. The molecule has 2 fully saturated rings. The van der Waals surface area contributed by atoms with Crippen LogP contribution >= 0.6 is 0 Å². The van der Waals surface area contributed by atoms with Crippen LogP contribution in [0.25, 0.3) is 0 Å². The number of aliphatic hydroxyl groups excluding tert-OH is 6. The summed E-state index contributed by atoms with van der Waals surface area (Å²) in [5.41, 5.74) is 0.595. The first-order chi connectivity index (χ1) is 27.2. The Morgan fingerprint density at radius 2 is 1.72 bits per heavy atom. The van der Waals surface area contributed by atoms with Crippen LogP contribution in [0.15, 0.2) is 59.6 Å². The lowest BCUT2D eigenvalue weighted by Crippen LogP contribution is -2.59. The quantitative estimate of drug-likeness (QED) is 0.120. The number of allylic oxidation sites excluding steroid dienone is 6. The van der Waals surface area contributed by atoms with Gasteiger partial charge in [0.05, 0.1) is 55.6 Å². The molecular formula is C44H72O14. The van der Waals surface area contributed by atoms with Gasteiger partial charge in [-0.05, 0) is 45.3 Å². The second kappa shape index (κ2) is 22.3. The van der Waals surface area contributed by atoms with Gasteiger partial charge in [-0.2, -0.15) is 0 Å². The molecular weight excluding hydrogens is 752 g/mol. The number of esters is 1. The van der Waals surface area contributed by atoms with Gasteiger partial charge >= 0.3 is 5.97 Å². The molecule has 0 aromatic rings. The predicted molar refractivity (Wildman–Crippen MR) is 217 cm³/mol. The number of carbonyl (C=O) groups is 1. The molecule has 58 heavy (non-hydrogen) atoms. The number of carbonyl (C=O) groups excluding carboxylic acids is 1. The SMILES string of the molecule is CC=CC1OC(O)(C(C)C(O)C(C)C2OC(=O)C(OC)=CC(C)=CC(C)C(O)C(CC)C(O)C(C)CC(O)=CC=CC2OC)CC(OC2CC(O)C(O)C(C)O2)C1C. The summed E-state index contributed by atoms with van der Waals surface area (Å²) in [4.78, 5) is 13.9. The van der Waals surface area contributed by atoms with Crippen molar-refractivity contribution in [3.63, 3.8) is 0 Å². The summed E-state index contributed by atoms with van der Waals surface area (Å²) < 4.78 is 35.9. The van der Waals surface area contributed by atoms with Crippen molar-refractivity contribution in [1.82, 2.24) is 0 Å². The molecule has 0 bridgehead atoms. The third-order valence-corrected chi connectivity index (χ3v) is 12.3. The molecule has 7 N–H and O–H groups in total. The third kappa shape index (κ3) is 12.5. The van der Waals surface area contributed by atoms with E-state index in [1.54, 1.807) is 52.0 Å². The minimum Gasteiger partial charge on any atom is -0.512 e. The highest BCUT2D eigenvalue weighted by atomic mass is 16.7. The van der Waals surface area contributed by atoms with Gasteiger partial charge in [0.15, 0.2) is 12.1 Å². The Kier molecular flexibility index (Phi) is 19.1. The molecule has 0 saturated carbocycles. The molecule has 3 aliphatic rings. The molecule has 14 heteroatoms. The zero-order chi connectivity index (χ0) is 43.6. The van der Waals surface area contributed by atoms with Crippen LogP contribution < -0.4 is 0 Å². The van der Waals surface area contributed by atoms with E-state index in [-0.39, 0.29) is 36.7 Å². The van der Waals surface area contributed by atoms with Crippen molar-refractivity contribution in [2.24, 2.45) is 35.5 Å². The minimum atomic E-state index is -1.96. The Bertz CT molecular complexity index is 1450. The van der Waals surface area contributed by atoms with Gasteiger partial charge < -0.3 is 64.2 Å². The molecule has 18 unspecified atom stereocenters. The molecule has 0 spiro atoms. The normalized spacial score (nSPS) is 40.6. The number of hydrogen-bond donors (Lipinski definition) is 7. The molecule has 0 amide bonds. The molecule has 3 heterocycles. The molecule has 18 atom stereocenters. The van der Waals surface area contributed by atoms with Crippen LogP contribution in [0.5, 0.6) is 0 Å². The lowest BCUT2D eigenvalue weighted by atomic mass is 9.77. The summed E-state index contributed by atoms with van der Waals surface area (Å²) >= 11 is 0. The van der Waals surface area contributed by atoms with Crippen LogP contribution in [-0.2, 0) is 33.2 Å². The maximum atomic E-state index is 13.9. The van der Waals surface area contributed by atoms with E-state index in [1.165, 1.54) is 32.4 Å². The summed E-state index contributed by atoms with van der Waals surface area (Å²) in [6.45, 7) is 15.9. The van der Waals surface area contributed by atoms with Crippen LogP contribution in [0.2, 0.25) is 0 Å². The van der Waals surface area contributed by atoms with Crippen LogP contribution in [0, 0.1) is 35.5 Å². The Labute approximate surface area is 344 Å². The van der Waals surface area contributed by atoms with Gasteiger partial charge in [-0.15, -0.1) is 0 Å². The Morgan fingerprint density at radius 3 is 2.31 bits per heavy atom. The van der Waals surface area contributed by atoms with Gasteiger partial charge in [-0.1, -0.05) is 77.5 Å². The fraction of sp³-hybridized carbons (Fsp3) is 0.750. The van der Waals surface area contributed by atoms with Gasteiger partial charge in [-0.3, -0.25) is 0 Å². The first kappa shape index (κ1) is 49.7.